The third-order valence-electron chi connectivity index (χ3n) is 4.74. The first-order valence-electron chi connectivity index (χ1n) is 8.56. The number of rotatable bonds is 3. The second-order valence-corrected chi connectivity index (χ2v) is 8.47. The molecule has 0 bridgehead atoms. The number of carbonyl (C=O) groups is 1. The molecule has 132 valence electrons. The minimum absolute atomic E-state index is 0.0351. The molecule has 0 spiro atoms. The lowest BCUT2D eigenvalue weighted by Gasteiger charge is -2.29. The molecule has 1 amide bonds. The highest BCUT2D eigenvalue weighted by Crippen LogP contribution is 2.22. The van der Waals surface area contributed by atoms with Crippen LogP contribution in [0.3, 0.4) is 0 Å². The molecule has 0 unspecified atom stereocenters. The number of nitrogens with zero attached hydrogens (tertiary/aromatic N) is 2. The van der Waals surface area contributed by atoms with Gasteiger partial charge in [-0.15, -0.1) is 0 Å². The van der Waals surface area contributed by atoms with Crippen molar-refractivity contribution < 1.29 is 18.3 Å². The average molecular weight is 352 g/mol. The number of benzene rings is 1. The lowest BCUT2D eigenvalue weighted by Crippen LogP contribution is -2.42. The Morgan fingerprint density at radius 1 is 1.00 bits per heavy atom. The van der Waals surface area contributed by atoms with Crippen molar-refractivity contribution in [3.63, 3.8) is 0 Å². The molecule has 1 aromatic carbocycles. The summed E-state index contributed by atoms with van der Waals surface area (Å²) in [6.07, 6.45) is 3.89. The van der Waals surface area contributed by atoms with Crippen LogP contribution in [0.2, 0.25) is 0 Å². The Morgan fingerprint density at radius 2 is 1.67 bits per heavy atom. The Labute approximate surface area is 143 Å². The van der Waals surface area contributed by atoms with Gasteiger partial charge in [-0.3, -0.25) is 4.79 Å². The summed E-state index contributed by atoms with van der Waals surface area (Å²) >= 11 is 0. The van der Waals surface area contributed by atoms with E-state index in [1.807, 2.05) is 4.90 Å². The van der Waals surface area contributed by atoms with Gasteiger partial charge in [0.2, 0.25) is 10.0 Å². The number of amides is 1. The Balaban J connectivity index is 1.74. The monoisotopic (exact) mass is 352 g/mol. The number of piperidine rings is 2. The summed E-state index contributed by atoms with van der Waals surface area (Å²) in [4.78, 5) is 14.4. The van der Waals surface area contributed by atoms with E-state index in [2.05, 4.69) is 0 Å². The highest BCUT2D eigenvalue weighted by molar-refractivity contribution is 7.89. The summed E-state index contributed by atoms with van der Waals surface area (Å²) in [7, 11) is -3.61. The van der Waals surface area contributed by atoms with Crippen LogP contribution in [0.4, 0.5) is 0 Å². The number of sulfonamides is 1. The quantitative estimate of drug-likeness (QED) is 0.893. The fourth-order valence-corrected chi connectivity index (χ4v) is 4.85. The molecule has 2 heterocycles. The van der Waals surface area contributed by atoms with E-state index in [1.54, 1.807) is 12.1 Å². The number of carbonyl (C=O) groups excluding carboxylic acids is 1. The number of aliphatic hydroxyl groups is 1. The van der Waals surface area contributed by atoms with E-state index in [0.717, 1.165) is 32.4 Å². The molecule has 0 aliphatic carbocycles. The van der Waals surface area contributed by atoms with E-state index in [1.165, 1.54) is 16.4 Å². The van der Waals surface area contributed by atoms with Crippen molar-refractivity contribution in [2.75, 3.05) is 26.2 Å². The smallest absolute Gasteiger partial charge is 0.253 e. The van der Waals surface area contributed by atoms with Crippen LogP contribution in [-0.4, -0.2) is 60.9 Å². The Hall–Kier alpha value is -1.44. The van der Waals surface area contributed by atoms with Crippen LogP contribution >= 0.6 is 0 Å². The van der Waals surface area contributed by atoms with Crippen molar-refractivity contribution in [1.82, 2.24) is 9.21 Å². The Morgan fingerprint density at radius 3 is 2.29 bits per heavy atom. The molecule has 1 aromatic rings. The molecular weight excluding hydrogens is 328 g/mol. The molecule has 0 radical (unpaired) electrons. The molecule has 2 fully saturated rings. The van der Waals surface area contributed by atoms with Crippen molar-refractivity contribution in [3.05, 3.63) is 29.8 Å². The third kappa shape index (κ3) is 3.63. The van der Waals surface area contributed by atoms with Gasteiger partial charge in [0.1, 0.15) is 0 Å². The molecule has 6 nitrogen and oxygen atoms in total. The molecule has 7 heteroatoms. The minimum Gasteiger partial charge on any atom is -0.392 e. The molecule has 1 atom stereocenters. The van der Waals surface area contributed by atoms with Crippen molar-refractivity contribution in [2.24, 2.45) is 0 Å². The van der Waals surface area contributed by atoms with Crippen LogP contribution in [0.5, 0.6) is 0 Å². The van der Waals surface area contributed by atoms with Gasteiger partial charge in [0, 0.05) is 31.7 Å². The second kappa shape index (κ2) is 7.21. The topological polar surface area (TPSA) is 77.9 Å². The zero-order valence-corrected chi connectivity index (χ0v) is 14.5. The third-order valence-corrected chi connectivity index (χ3v) is 6.62. The minimum atomic E-state index is -3.61. The number of β-amino-alcohol motifs (C(OH)–C–C–N with tert-alkyl or cyclic N) is 1. The first-order chi connectivity index (χ1) is 11.5. The summed E-state index contributed by atoms with van der Waals surface area (Å²) < 4.78 is 26.6. The van der Waals surface area contributed by atoms with Gasteiger partial charge in [0.15, 0.2) is 0 Å². The van der Waals surface area contributed by atoms with Gasteiger partial charge >= 0.3 is 0 Å². The predicted octanol–water partition coefficient (Wildman–Crippen LogP) is 1.46. The normalized spacial score (nSPS) is 23.2. The molecule has 24 heavy (non-hydrogen) atoms. The highest BCUT2D eigenvalue weighted by Gasteiger charge is 2.29. The number of aliphatic hydroxyl groups excluding tert-OH is 1. The Bertz CT molecular complexity index is 681. The summed E-state index contributed by atoms with van der Waals surface area (Å²) in [5.41, 5.74) is 0.523. The fraction of sp³-hybridized carbons (Fsp3) is 0.588. The van der Waals surface area contributed by atoms with E-state index in [0.29, 0.717) is 24.9 Å². The second-order valence-electron chi connectivity index (χ2n) is 6.54. The van der Waals surface area contributed by atoms with Crippen molar-refractivity contribution in [1.29, 1.82) is 0 Å². The van der Waals surface area contributed by atoms with Crippen molar-refractivity contribution in [3.8, 4) is 0 Å². The molecule has 3 rings (SSSR count). The van der Waals surface area contributed by atoms with Gasteiger partial charge in [0.05, 0.1) is 11.0 Å². The molecule has 0 saturated carbocycles. The lowest BCUT2D eigenvalue weighted by molar-refractivity contribution is 0.0724. The molecule has 2 saturated heterocycles. The van der Waals surface area contributed by atoms with Gasteiger partial charge < -0.3 is 10.0 Å². The fourth-order valence-electron chi connectivity index (χ4n) is 3.34. The zero-order chi connectivity index (χ0) is 17.2. The van der Waals surface area contributed by atoms with Crippen LogP contribution in [-0.2, 0) is 10.0 Å². The van der Waals surface area contributed by atoms with Gasteiger partial charge in [-0.25, -0.2) is 8.42 Å². The van der Waals surface area contributed by atoms with Crippen LogP contribution in [0, 0.1) is 0 Å². The largest absolute Gasteiger partial charge is 0.392 e. The van der Waals surface area contributed by atoms with E-state index < -0.39 is 16.1 Å². The van der Waals surface area contributed by atoms with Gasteiger partial charge in [-0.2, -0.15) is 4.31 Å². The summed E-state index contributed by atoms with van der Waals surface area (Å²) in [6, 6.07) is 6.16. The molecule has 2 aliphatic rings. The van der Waals surface area contributed by atoms with E-state index in [9.17, 15) is 18.3 Å². The van der Waals surface area contributed by atoms with Gasteiger partial charge in [-0.05, 0) is 56.4 Å². The summed E-state index contributed by atoms with van der Waals surface area (Å²) in [6.45, 7) is 2.10. The molecular formula is C17H24N2O4S. The number of hydrogen-bond acceptors (Lipinski definition) is 4. The maximum Gasteiger partial charge on any atom is 0.253 e. The number of likely N-dealkylation sites (tertiary alicyclic amines) is 1. The highest BCUT2D eigenvalue weighted by atomic mass is 32.2. The summed E-state index contributed by atoms with van der Waals surface area (Å²) in [5, 5.41) is 9.69. The van der Waals surface area contributed by atoms with Crippen LogP contribution in [0.1, 0.15) is 42.5 Å². The molecule has 0 aromatic heterocycles. The lowest BCUT2D eigenvalue weighted by atomic mass is 10.1. The first kappa shape index (κ1) is 17.4. The van der Waals surface area contributed by atoms with E-state index in [4.69, 9.17) is 0 Å². The van der Waals surface area contributed by atoms with Gasteiger partial charge in [-0.1, -0.05) is 0 Å². The average Bonchev–Trinajstić information content (AvgIpc) is 2.62. The predicted molar refractivity (Wildman–Crippen MR) is 90.2 cm³/mol. The van der Waals surface area contributed by atoms with Crippen LogP contribution in [0.25, 0.3) is 0 Å². The Kier molecular flexibility index (Phi) is 5.22. The van der Waals surface area contributed by atoms with Crippen molar-refractivity contribution in [2.45, 2.75) is 43.1 Å². The molecule has 1 N–H and O–H groups in total. The van der Waals surface area contributed by atoms with Crippen molar-refractivity contribution >= 4 is 15.9 Å². The first-order valence-corrected chi connectivity index (χ1v) is 10.00. The van der Waals surface area contributed by atoms with Crippen LogP contribution in [0.15, 0.2) is 29.2 Å². The van der Waals surface area contributed by atoms with E-state index in [-0.39, 0.29) is 17.3 Å². The van der Waals surface area contributed by atoms with Crippen LogP contribution < -0.4 is 0 Å². The standard InChI is InChI=1S/C17H24N2O4S/c20-15-5-4-12-19(13-15)24(22,23)16-8-6-14(7-9-16)17(21)18-10-2-1-3-11-18/h6-9,15,20H,1-5,10-13H2/t15-/m0/s1. The van der Waals surface area contributed by atoms with E-state index >= 15 is 0 Å². The van der Waals surface area contributed by atoms with Gasteiger partial charge in [0.25, 0.3) is 5.91 Å². The maximum absolute atomic E-state index is 12.6. The maximum atomic E-state index is 12.6. The number of hydrogen-bond donors (Lipinski definition) is 1. The zero-order valence-electron chi connectivity index (χ0n) is 13.7. The molecule has 2 aliphatic heterocycles. The summed E-state index contributed by atoms with van der Waals surface area (Å²) in [5.74, 6) is -0.0351. The SMILES string of the molecule is O=C(c1ccc(S(=O)(=O)N2CCC[C@H](O)C2)cc1)N1CCCCC1.